The van der Waals surface area contributed by atoms with Crippen molar-refractivity contribution in [3.8, 4) is 0 Å². The summed E-state index contributed by atoms with van der Waals surface area (Å²) in [5.41, 5.74) is 0.874. The molecule has 1 aromatic rings. The van der Waals surface area contributed by atoms with Crippen LogP contribution in [-0.2, 0) is 4.74 Å². The first kappa shape index (κ1) is 9.58. The second kappa shape index (κ2) is 5.19. The number of hydrogen-bond donors (Lipinski definition) is 2. The minimum absolute atomic E-state index is 0.299. The van der Waals surface area contributed by atoms with Gasteiger partial charge in [-0.15, -0.1) is 0 Å². The van der Waals surface area contributed by atoms with Gasteiger partial charge < -0.3 is 9.84 Å². The van der Waals surface area contributed by atoms with Crippen LogP contribution in [0.2, 0.25) is 0 Å². The molecule has 0 aliphatic heterocycles. The van der Waals surface area contributed by atoms with Gasteiger partial charge in [0.2, 0.25) is 0 Å². The summed E-state index contributed by atoms with van der Waals surface area (Å²) in [7, 11) is 0. The lowest BCUT2D eigenvalue weighted by Gasteiger charge is -2.09. The molecule has 0 aromatic heterocycles. The molecular formula is C9H12O2S. The molecule has 0 saturated carbocycles. The minimum atomic E-state index is -0.543. The Hall–Kier alpha value is -0.510. The van der Waals surface area contributed by atoms with E-state index in [-0.39, 0.29) is 0 Å². The maximum Gasteiger partial charge on any atom is 0.102 e. The smallest absolute Gasteiger partial charge is 0.102 e. The molecule has 0 amide bonds. The van der Waals surface area contributed by atoms with E-state index in [9.17, 15) is 5.11 Å². The molecule has 0 fully saturated rings. The lowest BCUT2D eigenvalue weighted by Crippen LogP contribution is -2.05. The lowest BCUT2D eigenvalue weighted by molar-refractivity contribution is 0.0581. The maximum absolute atomic E-state index is 9.49. The lowest BCUT2D eigenvalue weighted by atomic mass is 10.1. The molecule has 0 radical (unpaired) electrons. The van der Waals surface area contributed by atoms with Crippen LogP contribution in [0.3, 0.4) is 0 Å². The number of thiol groups is 1. The Morgan fingerprint density at radius 3 is 2.58 bits per heavy atom. The van der Waals surface area contributed by atoms with Crippen molar-refractivity contribution in [1.82, 2.24) is 0 Å². The Labute approximate surface area is 77.6 Å². The van der Waals surface area contributed by atoms with Gasteiger partial charge in [-0.25, -0.2) is 0 Å². The molecule has 0 aliphatic rings. The fraction of sp³-hybridized carbons (Fsp3) is 0.333. The van der Waals surface area contributed by atoms with Crippen molar-refractivity contribution in [2.24, 2.45) is 0 Å². The average molecular weight is 184 g/mol. The number of ether oxygens (including phenoxy) is 1. The fourth-order valence-electron chi connectivity index (χ4n) is 0.936. The van der Waals surface area contributed by atoms with Gasteiger partial charge in [-0.2, -0.15) is 12.6 Å². The van der Waals surface area contributed by atoms with Crippen LogP contribution in [0.5, 0.6) is 0 Å². The summed E-state index contributed by atoms with van der Waals surface area (Å²) < 4.78 is 4.96. The summed E-state index contributed by atoms with van der Waals surface area (Å²) >= 11 is 3.87. The van der Waals surface area contributed by atoms with Crippen molar-refractivity contribution in [2.45, 2.75) is 6.10 Å². The van der Waals surface area contributed by atoms with Gasteiger partial charge in [0.25, 0.3) is 0 Å². The highest BCUT2D eigenvalue weighted by atomic mass is 32.1. The second-order valence-corrected chi connectivity index (χ2v) is 2.68. The highest BCUT2D eigenvalue weighted by Gasteiger charge is 2.05. The van der Waals surface area contributed by atoms with Crippen LogP contribution < -0.4 is 0 Å². The van der Waals surface area contributed by atoms with E-state index >= 15 is 0 Å². The van der Waals surface area contributed by atoms with Crippen molar-refractivity contribution >= 4 is 12.6 Å². The van der Waals surface area contributed by atoms with E-state index in [0.29, 0.717) is 12.5 Å². The SMILES string of the molecule is OC(COCS)c1ccccc1. The number of aliphatic hydroxyl groups excluding tert-OH is 1. The first-order valence-electron chi connectivity index (χ1n) is 3.76. The summed E-state index contributed by atoms with van der Waals surface area (Å²) in [6.07, 6.45) is -0.543. The fourth-order valence-corrected chi connectivity index (χ4v) is 1.04. The van der Waals surface area contributed by atoms with E-state index in [2.05, 4.69) is 12.6 Å². The molecule has 1 unspecified atom stereocenters. The summed E-state index contributed by atoms with van der Waals surface area (Å²) in [5, 5.41) is 9.49. The van der Waals surface area contributed by atoms with Crippen LogP contribution in [0.1, 0.15) is 11.7 Å². The third-order valence-electron chi connectivity index (χ3n) is 1.55. The molecule has 3 heteroatoms. The molecule has 0 spiro atoms. The Bertz CT molecular complexity index is 213. The van der Waals surface area contributed by atoms with Crippen molar-refractivity contribution in [3.05, 3.63) is 35.9 Å². The number of aliphatic hydroxyl groups is 1. The van der Waals surface area contributed by atoms with Gasteiger partial charge in [-0.05, 0) is 5.56 Å². The predicted molar refractivity (Wildman–Crippen MR) is 51.2 cm³/mol. The molecule has 0 aliphatic carbocycles. The number of rotatable bonds is 4. The van der Waals surface area contributed by atoms with E-state index < -0.39 is 6.10 Å². The zero-order valence-corrected chi connectivity index (χ0v) is 7.58. The van der Waals surface area contributed by atoms with Gasteiger partial charge in [-0.3, -0.25) is 0 Å². The molecule has 1 rings (SSSR count). The molecule has 0 heterocycles. The van der Waals surface area contributed by atoms with Crippen molar-refractivity contribution in [3.63, 3.8) is 0 Å². The Morgan fingerprint density at radius 2 is 2.00 bits per heavy atom. The van der Waals surface area contributed by atoms with Gasteiger partial charge in [0.05, 0.1) is 12.5 Å². The van der Waals surface area contributed by atoms with Gasteiger partial charge in [0.1, 0.15) is 6.10 Å². The van der Waals surface area contributed by atoms with E-state index in [1.165, 1.54) is 0 Å². The third kappa shape index (κ3) is 2.85. The third-order valence-corrected chi connectivity index (χ3v) is 1.73. The highest BCUT2D eigenvalue weighted by molar-refractivity contribution is 7.80. The summed E-state index contributed by atoms with van der Waals surface area (Å²) in [6, 6.07) is 9.42. The summed E-state index contributed by atoms with van der Waals surface area (Å²) in [6.45, 7) is 0.299. The average Bonchev–Trinajstić information content (AvgIpc) is 2.15. The normalized spacial score (nSPS) is 12.8. The molecular weight excluding hydrogens is 172 g/mol. The molecule has 1 aromatic carbocycles. The molecule has 66 valence electrons. The number of benzene rings is 1. The monoisotopic (exact) mass is 184 g/mol. The van der Waals surface area contributed by atoms with Crippen molar-refractivity contribution in [1.29, 1.82) is 0 Å². The summed E-state index contributed by atoms with van der Waals surface area (Å²) in [5.74, 6) is 0.337. The second-order valence-electron chi connectivity index (χ2n) is 2.43. The van der Waals surface area contributed by atoms with E-state index in [0.717, 1.165) is 5.56 Å². The van der Waals surface area contributed by atoms with Crippen molar-refractivity contribution < 1.29 is 9.84 Å². The van der Waals surface area contributed by atoms with Gasteiger partial charge >= 0.3 is 0 Å². The number of hydrogen-bond acceptors (Lipinski definition) is 3. The minimum Gasteiger partial charge on any atom is -0.386 e. The molecule has 0 saturated heterocycles. The standard InChI is InChI=1S/C9H12O2S/c10-9(6-11-7-12)8-4-2-1-3-5-8/h1-5,9-10,12H,6-7H2. The van der Waals surface area contributed by atoms with Crippen LogP contribution >= 0.6 is 12.6 Å². The highest BCUT2D eigenvalue weighted by Crippen LogP contribution is 2.11. The Morgan fingerprint density at radius 1 is 1.33 bits per heavy atom. The molecule has 1 atom stereocenters. The van der Waals surface area contributed by atoms with E-state index in [1.54, 1.807) is 0 Å². The topological polar surface area (TPSA) is 29.5 Å². The van der Waals surface area contributed by atoms with E-state index in [1.807, 2.05) is 30.3 Å². The van der Waals surface area contributed by atoms with Gasteiger partial charge in [0, 0.05) is 0 Å². The van der Waals surface area contributed by atoms with Crippen molar-refractivity contribution in [2.75, 3.05) is 12.5 Å². The first-order valence-corrected chi connectivity index (χ1v) is 4.39. The van der Waals surface area contributed by atoms with Gasteiger partial charge in [-0.1, -0.05) is 30.3 Å². The maximum atomic E-state index is 9.49. The molecule has 2 nitrogen and oxygen atoms in total. The zero-order chi connectivity index (χ0) is 8.81. The van der Waals surface area contributed by atoms with Crippen LogP contribution in [-0.4, -0.2) is 17.7 Å². The van der Waals surface area contributed by atoms with Crippen LogP contribution in [0.15, 0.2) is 30.3 Å². The Balaban J connectivity index is 2.48. The van der Waals surface area contributed by atoms with Crippen LogP contribution in [0.4, 0.5) is 0 Å². The quantitative estimate of drug-likeness (QED) is 0.550. The Kier molecular flexibility index (Phi) is 4.14. The molecule has 0 bridgehead atoms. The summed E-state index contributed by atoms with van der Waals surface area (Å²) in [4.78, 5) is 0. The first-order chi connectivity index (χ1) is 5.84. The predicted octanol–water partition coefficient (Wildman–Crippen LogP) is 1.62. The largest absolute Gasteiger partial charge is 0.386 e. The zero-order valence-electron chi connectivity index (χ0n) is 6.68. The molecule has 1 N–H and O–H groups in total. The molecule has 12 heavy (non-hydrogen) atoms. The van der Waals surface area contributed by atoms with Crippen LogP contribution in [0.25, 0.3) is 0 Å². The van der Waals surface area contributed by atoms with Crippen LogP contribution in [0, 0.1) is 0 Å². The van der Waals surface area contributed by atoms with E-state index in [4.69, 9.17) is 4.74 Å². The van der Waals surface area contributed by atoms with Gasteiger partial charge in [0.15, 0.2) is 0 Å².